The number of aliphatic hydroxyl groups is 1. The molecule has 0 saturated heterocycles. The number of hydrogen-bond donors (Lipinski definition) is 1. The first kappa shape index (κ1) is 22.8. The maximum atomic E-state index is 12.3. The lowest BCUT2D eigenvalue weighted by Gasteiger charge is -2.25. The van der Waals surface area contributed by atoms with Crippen molar-refractivity contribution in [1.29, 1.82) is 0 Å². The van der Waals surface area contributed by atoms with E-state index in [4.69, 9.17) is 14.2 Å². The number of ether oxygens (including phenoxy) is 3. The SMILES string of the molecule is CCOc1ccccc1O[C@@H](c1ccccc1)C(O)COC(=O)c1ccc([N+](=O)[O-])cc1. The summed E-state index contributed by atoms with van der Waals surface area (Å²) in [5, 5.41) is 21.6. The lowest BCUT2D eigenvalue weighted by molar-refractivity contribution is -0.384. The van der Waals surface area contributed by atoms with Crippen LogP contribution in [0.3, 0.4) is 0 Å². The van der Waals surface area contributed by atoms with Gasteiger partial charge in [-0.2, -0.15) is 0 Å². The highest BCUT2D eigenvalue weighted by atomic mass is 16.6. The summed E-state index contributed by atoms with van der Waals surface area (Å²) in [6.07, 6.45) is -2.02. The van der Waals surface area contributed by atoms with E-state index in [0.717, 1.165) is 0 Å². The molecule has 0 heterocycles. The molecule has 0 spiro atoms. The van der Waals surface area contributed by atoms with Crippen LogP contribution in [0.2, 0.25) is 0 Å². The Kier molecular flexibility index (Phi) is 7.77. The fraction of sp³-hybridized carbons (Fsp3) is 0.208. The maximum absolute atomic E-state index is 12.3. The number of carbonyl (C=O) groups excluding carboxylic acids is 1. The van der Waals surface area contributed by atoms with Crippen molar-refractivity contribution in [2.45, 2.75) is 19.1 Å². The Morgan fingerprint density at radius 2 is 1.59 bits per heavy atom. The zero-order chi connectivity index (χ0) is 22.9. The molecule has 0 radical (unpaired) electrons. The number of aliphatic hydroxyl groups excluding tert-OH is 1. The Bertz CT molecular complexity index is 1040. The van der Waals surface area contributed by atoms with E-state index in [2.05, 4.69) is 0 Å². The van der Waals surface area contributed by atoms with Gasteiger partial charge in [-0.15, -0.1) is 0 Å². The Labute approximate surface area is 185 Å². The molecule has 0 amide bonds. The standard InChI is InChI=1S/C24H23NO7/c1-2-30-21-10-6-7-11-22(21)32-23(17-8-4-3-5-9-17)20(26)16-31-24(27)18-12-14-19(15-13-18)25(28)29/h3-15,20,23,26H,2,16H2,1H3/t20?,23-/m0/s1. The van der Waals surface area contributed by atoms with Gasteiger partial charge in [0.25, 0.3) is 5.69 Å². The van der Waals surface area contributed by atoms with E-state index in [1.54, 1.807) is 30.3 Å². The highest BCUT2D eigenvalue weighted by Crippen LogP contribution is 2.32. The van der Waals surface area contributed by atoms with Gasteiger partial charge in [-0.3, -0.25) is 10.1 Å². The van der Waals surface area contributed by atoms with Crippen LogP contribution < -0.4 is 9.47 Å². The summed E-state index contributed by atoms with van der Waals surface area (Å²) in [4.78, 5) is 22.5. The predicted octanol–water partition coefficient (Wildman–Crippen LogP) is 4.33. The van der Waals surface area contributed by atoms with Crippen molar-refractivity contribution in [2.24, 2.45) is 0 Å². The molecule has 0 aromatic heterocycles. The quantitative estimate of drug-likeness (QED) is 0.286. The number of esters is 1. The van der Waals surface area contributed by atoms with Gasteiger partial charge < -0.3 is 19.3 Å². The van der Waals surface area contributed by atoms with Crippen LogP contribution in [-0.2, 0) is 4.74 Å². The van der Waals surface area contributed by atoms with E-state index >= 15 is 0 Å². The van der Waals surface area contributed by atoms with E-state index < -0.39 is 23.1 Å². The highest BCUT2D eigenvalue weighted by molar-refractivity contribution is 5.89. The molecule has 0 aliphatic heterocycles. The molecule has 166 valence electrons. The zero-order valence-electron chi connectivity index (χ0n) is 17.4. The monoisotopic (exact) mass is 437 g/mol. The number of rotatable bonds is 10. The molecule has 1 unspecified atom stereocenters. The lowest BCUT2D eigenvalue weighted by Crippen LogP contribution is -2.29. The second kappa shape index (κ2) is 10.9. The van der Waals surface area contributed by atoms with Crippen molar-refractivity contribution in [1.82, 2.24) is 0 Å². The summed E-state index contributed by atoms with van der Waals surface area (Å²) >= 11 is 0. The molecular formula is C24H23NO7. The van der Waals surface area contributed by atoms with E-state index in [1.807, 2.05) is 31.2 Å². The van der Waals surface area contributed by atoms with Gasteiger partial charge in [-0.25, -0.2) is 4.79 Å². The molecule has 32 heavy (non-hydrogen) atoms. The van der Waals surface area contributed by atoms with Crippen molar-refractivity contribution in [3.05, 3.63) is 100 Å². The number of carbonyl (C=O) groups is 1. The summed E-state index contributed by atoms with van der Waals surface area (Å²) in [7, 11) is 0. The average Bonchev–Trinajstić information content (AvgIpc) is 2.82. The van der Waals surface area contributed by atoms with Gasteiger partial charge in [-0.1, -0.05) is 42.5 Å². The van der Waals surface area contributed by atoms with Crippen molar-refractivity contribution >= 4 is 11.7 Å². The molecule has 8 nitrogen and oxygen atoms in total. The first-order chi connectivity index (χ1) is 15.5. The minimum Gasteiger partial charge on any atom is -0.490 e. The maximum Gasteiger partial charge on any atom is 0.338 e. The summed E-state index contributed by atoms with van der Waals surface area (Å²) < 4.78 is 16.9. The second-order valence-corrected chi connectivity index (χ2v) is 6.80. The Balaban J connectivity index is 1.74. The summed E-state index contributed by atoms with van der Waals surface area (Å²) in [6.45, 7) is 1.97. The molecule has 0 saturated carbocycles. The normalized spacial score (nSPS) is 12.4. The van der Waals surface area contributed by atoms with Gasteiger partial charge in [-0.05, 0) is 36.8 Å². The number of benzene rings is 3. The first-order valence-corrected chi connectivity index (χ1v) is 10.0. The molecule has 0 aliphatic carbocycles. The number of nitro groups is 1. The minimum atomic E-state index is -1.19. The molecule has 0 bridgehead atoms. The third kappa shape index (κ3) is 5.83. The Hall–Kier alpha value is -3.91. The van der Waals surface area contributed by atoms with Gasteiger partial charge in [0.2, 0.25) is 0 Å². The molecule has 3 aromatic rings. The number of hydrogen-bond acceptors (Lipinski definition) is 7. The third-order valence-corrected chi connectivity index (χ3v) is 4.58. The minimum absolute atomic E-state index is 0.132. The molecule has 1 N–H and O–H groups in total. The fourth-order valence-electron chi connectivity index (χ4n) is 3.02. The van der Waals surface area contributed by atoms with E-state index in [-0.39, 0.29) is 17.9 Å². The molecule has 8 heteroatoms. The number of nitrogens with zero attached hydrogens (tertiary/aromatic N) is 1. The van der Waals surface area contributed by atoms with Crippen LogP contribution in [-0.4, -0.2) is 35.3 Å². The molecule has 0 fully saturated rings. The van der Waals surface area contributed by atoms with Crippen LogP contribution in [0.25, 0.3) is 0 Å². The van der Waals surface area contributed by atoms with Gasteiger partial charge in [0.1, 0.15) is 12.7 Å². The second-order valence-electron chi connectivity index (χ2n) is 6.80. The predicted molar refractivity (Wildman–Crippen MR) is 117 cm³/mol. The number of para-hydroxylation sites is 2. The van der Waals surface area contributed by atoms with Crippen molar-refractivity contribution < 1.29 is 29.0 Å². The Morgan fingerprint density at radius 3 is 2.22 bits per heavy atom. The van der Waals surface area contributed by atoms with Gasteiger partial charge in [0, 0.05) is 12.1 Å². The lowest BCUT2D eigenvalue weighted by atomic mass is 10.0. The zero-order valence-corrected chi connectivity index (χ0v) is 17.4. The molecule has 3 aromatic carbocycles. The topological polar surface area (TPSA) is 108 Å². The summed E-state index contributed by atoms with van der Waals surface area (Å²) in [5.41, 5.74) is 0.700. The molecule has 0 aliphatic rings. The molecule has 3 rings (SSSR count). The van der Waals surface area contributed by atoms with E-state index in [9.17, 15) is 20.0 Å². The van der Waals surface area contributed by atoms with E-state index in [0.29, 0.717) is 23.7 Å². The fourth-order valence-corrected chi connectivity index (χ4v) is 3.02. The van der Waals surface area contributed by atoms with Crippen molar-refractivity contribution in [3.63, 3.8) is 0 Å². The van der Waals surface area contributed by atoms with Crippen LogP contribution in [0.1, 0.15) is 28.9 Å². The van der Waals surface area contributed by atoms with Crippen LogP contribution in [0.5, 0.6) is 11.5 Å². The van der Waals surface area contributed by atoms with Crippen LogP contribution >= 0.6 is 0 Å². The number of nitro benzene ring substituents is 1. The summed E-state index contributed by atoms with van der Waals surface area (Å²) in [5.74, 6) is 0.274. The van der Waals surface area contributed by atoms with Crippen LogP contribution in [0.4, 0.5) is 5.69 Å². The van der Waals surface area contributed by atoms with Gasteiger partial charge in [0.05, 0.1) is 17.1 Å². The molecular weight excluding hydrogens is 414 g/mol. The van der Waals surface area contributed by atoms with Crippen LogP contribution in [0.15, 0.2) is 78.9 Å². The van der Waals surface area contributed by atoms with E-state index in [1.165, 1.54) is 24.3 Å². The van der Waals surface area contributed by atoms with Crippen molar-refractivity contribution in [3.8, 4) is 11.5 Å². The van der Waals surface area contributed by atoms with Gasteiger partial charge in [0.15, 0.2) is 17.6 Å². The average molecular weight is 437 g/mol. The number of non-ortho nitro benzene ring substituents is 1. The first-order valence-electron chi connectivity index (χ1n) is 10.0. The highest BCUT2D eigenvalue weighted by Gasteiger charge is 2.26. The smallest absolute Gasteiger partial charge is 0.338 e. The molecule has 2 atom stereocenters. The van der Waals surface area contributed by atoms with Crippen LogP contribution in [0, 0.1) is 10.1 Å². The van der Waals surface area contributed by atoms with Gasteiger partial charge >= 0.3 is 5.97 Å². The largest absolute Gasteiger partial charge is 0.490 e. The van der Waals surface area contributed by atoms with Crippen molar-refractivity contribution in [2.75, 3.05) is 13.2 Å². The Morgan fingerprint density at radius 1 is 0.969 bits per heavy atom. The third-order valence-electron chi connectivity index (χ3n) is 4.58. The summed E-state index contributed by atoms with van der Waals surface area (Å²) in [6, 6.07) is 21.2.